The summed E-state index contributed by atoms with van der Waals surface area (Å²) < 4.78 is 40.2. The van der Waals surface area contributed by atoms with Crippen LogP contribution in [0.25, 0.3) is 0 Å². The van der Waals surface area contributed by atoms with E-state index in [-0.39, 0.29) is 11.9 Å². The lowest BCUT2D eigenvalue weighted by atomic mass is 10.0. The molecule has 0 spiro atoms. The third-order valence-electron chi connectivity index (χ3n) is 3.74. The number of benzene rings is 1. The van der Waals surface area contributed by atoms with Crippen LogP contribution < -0.4 is 14.8 Å². The summed E-state index contributed by atoms with van der Waals surface area (Å²) in [5, 5.41) is 3.28. The van der Waals surface area contributed by atoms with Gasteiger partial charge in [-0.1, -0.05) is 12.1 Å². The maximum Gasteiger partial charge on any atom is 0.387 e. The molecular weight excluding hydrogens is 280 g/mol. The highest BCUT2D eigenvalue weighted by atomic mass is 19.3. The number of alkyl halides is 2. The minimum atomic E-state index is -2.87. The van der Waals surface area contributed by atoms with Crippen molar-refractivity contribution in [2.75, 3.05) is 20.3 Å². The Kier molecular flexibility index (Phi) is 5.76. The first-order valence-corrected chi connectivity index (χ1v) is 7.04. The average molecular weight is 301 g/mol. The molecule has 2 unspecified atom stereocenters. The van der Waals surface area contributed by atoms with Crippen LogP contribution in [-0.2, 0) is 11.3 Å². The number of rotatable bonds is 7. The van der Waals surface area contributed by atoms with Crippen LogP contribution in [0.1, 0.15) is 18.9 Å². The number of ether oxygens (including phenoxy) is 3. The zero-order chi connectivity index (χ0) is 15.2. The Labute approximate surface area is 123 Å². The Bertz CT molecular complexity index is 457. The van der Waals surface area contributed by atoms with Crippen molar-refractivity contribution in [1.29, 1.82) is 0 Å². The van der Waals surface area contributed by atoms with Crippen LogP contribution in [0.15, 0.2) is 18.2 Å². The third-order valence-corrected chi connectivity index (χ3v) is 3.74. The summed E-state index contributed by atoms with van der Waals surface area (Å²) in [5.41, 5.74) is 0.654. The van der Waals surface area contributed by atoms with E-state index in [1.165, 1.54) is 7.11 Å². The lowest BCUT2D eigenvalue weighted by Gasteiger charge is -2.17. The van der Waals surface area contributed by atoms with Crippen molar-refractivity contribution in [3.63, 3.8) is 0 Å². The van der Waals surface area contributed by atoms with Gasteiger partial charge in [-0.3, -0.25) is 0 Å². The number of hydrogen-bond donors (Lipinski definition) is 1. The van der Waals surface area contributed by atoms with E-state index >= 15 is 0 Å². The molecule has 0 aromatic heterocycles. The smallest absolute Gasteiger partial charge is 0.387 e. The molecule has 2 rings (SSSR count). The molecule has 1 aliphatic rings. The van der Waals surface area contributed by atoms with Crippen LogP contribution in [0, 0.1) is 5.92 Å². The molecule has 0 saturated carbocycles. The zero-order valence-corrected chi connectivity index (χ0v) is 12.3. The second-order valence-electron chi connectivity index (χ2n) is 5.08. The van der Waals surface area contributed by atoms with Crippen LogP contribution in [0.2, 0.25) is 0 Å². The van der Waals surface area contributed by atoms with Crippen LogP contribution in [0.5, 0.6) is 11.5 Å². The molecule has 0 aliphatic carbocycles. The maximum atomic E-state index is 12.5. The molecule has 21 heavy (non-hydrogen) atoms. The van der Waals surface area contributed by atoms with Gasteiger partial charge in [0, 0.05) is 25.3 Å². The van der Waals surface area contributed by atoms with Gasteiger partial charge in [0.05, 0.1) is 13.2 Å². The van der Waals surface area contributed by atoms with E-state index in [0.717, 1.165) is 19.6 Å². The minimum absolute atomic E-state index is 0.0956. The van der Waals surface area contributed by atoms with Crippen molar-refractivity contribution >= 4 is 0 Å². The predicted molar refractivity (Wildman–Crippen MR) is 74.9 cm³/mol. The summed E-state index contributed by atoms with van der Waals surface area (Å²) in [5.74, 6) is 0.862. The molecule has 2 atom stereocenters. The molecule has 1 N–H and O–H groups in total. The van der Waals surface area contributed by atoms with Crippen LogP contribution >= 0.6 is 0 Å². The summed E-state index contributed by atoms with van der Waals surface area (Å²) in [4.78, 5) is 0. The van der Waals surface area contributed by atoms with E-state index in [1.54, 1.807) is 18.2 Å². The third kappa shape index (κ3) is 4.28. The Hall–Kier alpha value is -1.40. The quantitative estimate of drug-likeness (QED) is 0.840. The lowest BCUT2D eigenvalue weighted by molar-refractivity contribution is -0.0518. The molecule has 0 amide bonds. The average Bonchev–Trinajstić information content (AvgIpc) is 2.85. The fourth-order valence-electron chi connectivity index (χ4n) is 2.52. The van der Waals surface area contributed by atoms with E-state index in [1.807, 2.05) is 0 Å². The largest absolute Gasteiger partial charge is 0.493 e. The van der Waals surface area contributed by atoms with Gasteiger partial charge < -0.3 is 19.5 Å². The molecule has 4 nitrogen and oxygen atoms in total. The van der Waals surface area contributed by atoms with Crippen LogP contribution in [-0.4, -0.2) is 33.0 Å². The van der Waals surface area contributed by atoms with Gasteiger partial charge in [-0.2, -0.15) is 8.78 Å². The Balaban J connectivity index is 1.98. The van der Waals surface area contributed by atoms with Gasteiger partial charge in [-0.25, -0.2) is 0 Å². The highest BCUT2D eigenvalue weighted by Gasteiger charge is 2.23. The standard InChI is InChI=1S/C15H21F2NO3/c1-10-11(6-7-20-10)8-18-9-12-4-3-5-13(19-2)14(12)21-15(16)17/h3-5,10-11,15,18H,6-9H2,1-2H3. The molecule has 0 bridgehead atoms. The first-order valence-electron chi connectivity index (χ1n) is 7.04. The summed E-state index contributed by atoms with van der Waals surface area (Å²) >= 11 is 0. The molecule has 6 heteroatoms. The molecule has 118 valence electrons. The second kappa shape index (κ2) is 7.56. The van der Waals surface area contributed by atoms with Crippen LogP contribution in [0.4, 0.5) is 8.78 Å². The van der Waals surface area contributed by atoms with Crippen molar-refractivity contribution in [1.82, 2.24) is 5.32 Å². The predicted octanol–water partition coefficient (Wildman–Crippen LogP) is 2.81. The highest BCUT2D eigenvalue weighted by Crippen LogP contribution is 2.32. The number of methoxy groups -OCH3 is 1. The zero-order valence-electron chi connectivity index (χ0n) is 12.3. The fourth-order valence-corrected chi connectivity index (χ4v) is 2.52. The van der Waals surface area contributed by atoms with Gasteiger partial charge in [0.1, 0.15) is 0 Å². The number of para-hydroxylation sites is 1. The van der Waals surface area contributed by atoms with Gasteiger partial charge in [0.25, 0.3) is 0 Å². The topological polar surface area (TPSA) is 39.7 Å². The molecule has 1 fully saturated rings. The second-order valence-corrected chi connectivity index (χ2v) is 5.08. The summed E-state index contributed by atoms with van der Waals surface area (Å²) in [6.07, 6.45) is 1.26. The van der Waals surface area contributed by atoms with Crippen molar-refractivity contribution in [2.24, 2.45) is 5.92 Å². The SMILES string of the molecule is COc1cccc(CNCC2CCOC2C)c1OC(F)F. The number of hydrogen-bond acceptors (Lipinski definition) is 4. The Morgan fingerprint density at radius 3 is 2.86 bits per heavy atom. The molecule has 0 radical (unpaired) electrons. The molecule has 1 aromatic rings. The molecule has 1 heterocycles. The highest BCUT2D eigenvalue weighted by molar-refractivity contribution is 5.46. The van der Waals surface area contributed by atoms with Crippen molar-refractivity contribution in [2.45, 2.75) is 32.6 Å². The van der Waals surface area contributed by atoms with Crippen molar-refractivity contribution in [3.8, 4) is 11.5 Å². The molecule has 1 aliphatic heterocycles. The van der Waals surface area contributed by atoms with Crippen LogP contribution in [0.3, 0.4) is 0 Å². The van der Waals surface area contributed by atoms with Gasteiger partial charge >= 0.3 is 6.61 Å². The lowest BCUT2D eigenvalue weighted by Crippen LogP contribution is -2.27. The van der Waals surface area contributed by atoms with Gasteiger partial charge in [0.2, 0.25) is 0 Å². The van der Waals surface area contributed by atoms with Crippen molar-refractivity contribution < 1.29 is 23.0 Å². The number of halogens is 2. The fraction of sp³-hybridized carbons (Fsp3) is 0.600. The van der Waals surface area contributed by atoms with E-state index in [4.69, 9.17) is 9.47 Å². The summed E-state index contributed by atoms with van der Waals surface area (Å²) in [6, 6.07) is 5.12. The Morgan fingerprint density at radius 2 is 2.24 bits per heavy atom. The van der Waals surface area contributed by atoms with Gasteiger partial charge in [0.15, 0.2) is 11.5 Å². The Morgan fingerprint density at radius 1 is 1.43 bits per heavy atom. The first kappa shape index (κ1) is 16.0. The minimum Gasteiger partial charge on any atom is -0.493 e. The molecule has 1 aromatic carbocycles. The van der Waals surface area contributed by atoms with E-state index in [9.17, 15) is 8.78 Å². The molecule has 1 saturated heterocycles. The monoisotopic (exact) mass is 301 g/mol. The molecular formula is C15H21F2NO3. The van der Waals surface area contributed by atoms with E-state index in [2.05, 4.69) is 17.0 Å². The van der Waals surface area contributed by atoms with E-state index in [0.29, 0.717) is 23.8 Å². The van der Waals surface area contributed by atoms with Crippen molar-refractivity contribution in [3.05, 3.63) is 23.8 Å². The summed E-state index contributed by atoms with van der Waals surface area (Å²) in [7, 11) is 1.43. The first-order chi connectivity index (χ1) is 10.1. The van der Waals surface area contributed by atoms with Gasteiger partial charge in [-0.15, -0.1) is 0 Å². The normalized spacial score (nSPS) is 21.8. The van der Waals surface area contributed by atoms with E-state index < -0.39 is 6.61 Å². The summed E-state index contributed by atoms with van der Waals surface area (Å²) in [6.45, 7) is 1.20. The number of nitrogens with one attached hydrogen (secondary N) is 1. The maximum absolute atomic E-state index is 12.5. The van der Waals surface area contributed by atoms with Gasteiger partial charge in [-0.05, 0) is 25.3 Å².